The zero-order valence-electron chi connectivity index (χ0n) is 35.5. The van der Waals surface area contributed by atoms with Gasteiger partial charge in [0.15, 0.2) is 0 Å². The summed E-state index contributed by atoms with van der Waals surface area (Å²) in [5, 5.41) is 4.92. The first kappa shape index (κ1) is 40.7. The number of methoxy groups -OCH3 is 2. The van der Waals surface area contributed by atoms with Gasteiger partial charge >= 0.3 is 6.03 Å². The monoisotopic (exact) mass is 834 g/mol. The minimum absolute atomic E-state index is 0.0927. The topological polar surface area (TPSA) is 166 Å². The number of benzene rings is 2. The Hall–Kier alpha value is -5.74. The van der Waals surface area contributed by atoms with Crippen molar-refractivity contribution in [3.05, 3.63) is 74.7 Å². The summed E-state index contributed by atoms with van der Waals surface area (Å²) in [6, 6.07) is 8.73. The number of amides is 6. The van der Waals surface area contributed by atoms with Crippen LogP contribution in [-0.2, 0) is 36.1 Å². The molecule has 6 aliphatic rings. The normalized spacial score (nSPS) is 22.0. The van der Waals surface area contributed by atoms with Gasteiger partial charge in [0.05, 0.1) is 37.5 Å². The molecule has 0 bridgehead atoms. The summed E-state index contributed by atoms with van der Waals surface area (Å²) in [4.78, 5) is 86.4. The van der Waals surface area contributed by atoms with Gasteiger partial charge in [-0.05, 0) is 93.1 Å². The third-order valence-corrected chi connectivity index (χ3v) is 14.3. The summed E-state index contributed by atoms with van der Waals surface area (Å²) in [6.45, 7) is 9.63. The molecular formula is C45H54N8O8. The van der Waals surface area contributed by atoms with Crippen LogP contribution < -0.4 is 30.6 Å². The van der Waals surface area contributed by atoms with Crippen LogP contribution in [0.4, 0.5) is 10.5 Å². The van der Waals surface area contributed by atoms with E-state index < -0.39 is 29.7 Å². The van der Waals surface area contributed by atoms with Crippen LogP contribution in [0, 0.1) is 11.3 Å². The Morgan fingerprint density at radius 1 is 0.902 bits per heavy atom. The van der Waals surface area contributed by atoms with Crippen molar-refractivity contribution in [1.29, 1.82) is 0 Å². The van der Waals surface area contributed by atoms with Crippen LogP contribution in [0.15, 0.2) is 41.3 Å². The molecule has 0 aliphatic carbocycles. The van der Waals surface area contributed by atoms with Gasteiger partial charge in [-0.1, -0.05) is 0 Å². The predicted octanol–water partition coefficient (Wildman–Crippen LogP) is 2.59. The highest BCUT2D eigenvalue weighted by Crippen LogP contribution is 2.45. The molecule has 322 valence electrons. The fourth-order valence-electron chi connectivity index (χ4n) is 10.6. The molecule has 0 saturated carbocycles. The van der Waals surface area contributed by atoms with Crippen LogP contribution in [-0.4, -0.2) is 133 Å². The molecule has 2 aromatic carbocycles. The molecule has 4 saturated heterocycles. The quantitative estimate of drug-likeness (QED) is 0.305. The lowest BCUT2D eigenvalue weighted by molar-refractivity contribution is -0.136. The maximum Gasteiger partial charge on any atom is 0.317 e. The molecule has 6 aliphatic heterocycles. The number of hydrogen-bond acceptors (Lipinski definition) is 11. The number of nitrogens with zero attached hydrogens (tertiary/aromatic N) is 6. The van der Waals surface area contributed by atoms with E-state index in [0.29, 0.717) is 48.2 Å². The average Bonchev–Trinajstić information content (AvgIpc) is 3.49. The number of anilines is 1. The number of imide groups is 2. The van der Waals surface area contributed by atoms with Gasteiger partial charge in [0.1, 0.15) is 17.5 Å². The highest BCUT2D eigenvalue weighted by atomic mass is 16.5. The first-order valence-corrected chi connectivity index (χ1v) is 21.3. The Labute approximate surface area is 354 Å². The minimum atomic E-state index is -0.972. The van der Waals surface area contributed by atoms with Gasteiger partial charge in [0, 0.05) is 94.3 Å². The van der Waals surface area contributed by atoms with E-state index >= 15 is 0 Å². The van der Waals surface area contributed by atoms with E-state index in [0.717, 1.165) is 96.5 Å². The Bertz CT molecular complexity index is 2370. The third-order valence-electron chi connectivity index (χ3n) is 14.3. The summed E-state index contributed by atoms with van der Waals surface area (Å²) in [5.41, 5.74) is 6.07. The van der Waals surface area contributed by atoms with Crippen molar-refractivity contribution < 1.29 is 33.4 Å². The molecule has 9 rings (SSSR count). The van der Waals surface area contributed by atoms with Gasteiger partial charge < -0.3 is 34.1 Å². The lowest BCUT2D eigenvalue weighted by Crippen LogP contribution is -2.63. The molecule has 61 heavy (non-hydrogen) atoms. The van der Waals surface area contributed by atoms with E-state index in [1.807, 2.05) is 24.4 Å². The predicted molar refractivity (Wildman–Crippen MR) is 226 cm³/mol. The maximum atomic E-state index is 13.4. The molecule has 1 aromatic heterocycles. The van der Waals surface area contributed by atoms with Crippen molar-refractivity contribution in [2.45, 2.75) is 64.2 Å². The summed E-state index contributed by atoms with van der Waals surface area (Å²) in [6.07, 6.45) is 4.87. The average molecular weight is 835 g/mol. The molecule has 1 spiro atoms. The van der Waals surface area contributed by atoms with Crippen molar-refractivity contribution in [3.8, 4) is 22.6 Å². The molecule has 0 radical (unpaired) electrons. The van der Waals surface area contributed by atoms with E-state index in [1.54, 1.807) is 49.9 Å². The highest BCUT2D eigenvalue weighted by Gasteiger charge is 2.48. The van der Waals surface area contributed by atoms with E-state index in [2.05, 4.69) is 32.3 Å². The number of aromatic nitrogens is 1. The van der Waals surface area contributed by atoms with Gasteiger partial charge in [0.25, 0.3) is 17.4 Å². The number of aryl methyl sites for hydroxylation is 1. The van der Waals surface area contributed by atoms with Crippen LogP contribution in [0.3, 0.4) is 0 Å². The molecule has 2 N–H and O–H groups in total. The number of rotatable bonds is 9. The van der Waals surface area contributed by atoms with E-state index in [9.17, 15) is 28.8 Å². The number of pyridine rings is 1. The molecule has 2 atom stereocenters. The van der Waals surface area contributed by atoms with Gasteiger partial charge in [0.2, 0.25) is 11.8 Å². The SMILES string of the molecule is CNC(=O)N1CCc2c(-c3cc(OC)c(CN4CC(C(C)N5CCC6(CC5)CN(c5ccc7c(c5)C(=O)N(C5CCC(=O)NC5=O)C7=O)C6)C4)c(OC)c3)cn(C)c(=O)c2C1. The van der Waals surface area contributed by atoms with Crippen molar-refractivity contribution >= 4 is 35.3 Å². The summed E-state index contributed by atoms with van der Waals surface area (Å²) in [7, 11) is 6.70. The second kappa shape index (κ2) is 15.6. The number of nitrogens with one attached hydrogen (secondary N) is 2. The van der Waals surface area contributed by atoms with Gasteiger partial charge in [-0.25, -0.2) is 4.79 Å². The molecule has 16 heteroatoms. The minimum Gasteiger partial charge on any atom is -0.496 e. The number of hydrogen-bond donors (Lipinski definition) is 2. The smallest absolute Gasteiger partial charge is 0.317 e. The largest absolute Gasteiger partial charge is 0.496 e. The Morgan fingerprint density at radius 2 is 1.59 bits per heavy atom. The number of ether oxygens (including phenoxy) is 2. The van der Waals surface area contributed by atoms with E-state index in [1.165, 1.54) is 0 Å². The van der Waals surface area contributed by atoms with Gasteiger partial charge in [-0.2, -0.15) is 0 Å². The van der Waals surface area contributed by atoms with Gasteiger partial charge in [-0.3, -0.25) is 39.1 Å². The summed E-state index contributed by atoms with van der Waals surface area (Å²) < 4.78 is 13.6. The second-order valence-electron chi connectivity index (χ2n) is 17.8. The van der Waals surface area contributed by atoms with Crippen molar-refractivity contribution in [1.82, 2.24) is 34.8 Å². The molecule has 3 aromatic rings. The molecule has 7 heterocycles. The Balaban J connectivity index is 0.794. The molecule has 2 unspecified atom stereocenters. The number of urea groups is 1. The van der Waals surface area contributed by atoms with Crippen molar-refractivity contribution in [2.24, 2.45) is 18.4 Å². The van der Waals surface area contributed by atoms with Crippen LogP contribution in [0.25, 0.3) is 11.1 Å². The summed E-state index contributed by atoms with van der Waals surface area (Å²) >= 11 is 0. The molecular weight excluding hydrogens is 781 g/mol. The van der Waals surface area contributed by atoms with Crippen LogP contribution in [0.1, 0.15) is 70.0 Å². The Kier molecular flexibility index (Phi) is 10.4. The van der Waals surface area contributed by atoms with Crippen molar-refractivity contribution in [3.63, 3.8) is 0 Å². The number of carbonyl (C=O) groups excluding carboxylic acids is 5. The fourth-order valence-corrected chi connectivity index (χ4v) is 10.6. The van der Waals surface area contributed by atoms with Crippen LogP contribution >= 0.6 is 0 Å². The highest BCUT2D eigenvalue weighted by molar-refractivity contribution is 6.23. The van der Waals surface area contributed by atoms with E-state index in [-0.39, 0.29) is 36.4 Å². The molecule has 4 fully saturated rings. The molecule has 16 nitrogen and oxygen atoms in total. The zero-order valence-corrected chi connectivity index (χ0v) is 35.5. The fraction of sp³-hybridized carbons (Fsp3) is 0.511. The zero-order chi connectivity index (χ0) is 42.9. The number of fused-ring (bicyclic) bond motifs is 2. The first-order chi connectivity index (χ1) is 29.3. The Morgan fingerprint density at radius 3 is 2.25 bits per heavy atom. The van der Waals surface area contributed by atoms with E-state index in [4.69, 9.17) is 9.47 Å². The standard InChI is InChI=1S/C45H54N8O8/c1-26(50-14-11-45(12-15-50)24-52(25-45)29-6-7-31-32(18-29)43(58)53(42(31)57)36-8-9-39(54)47-40(36)55)28-19-49(20-28)22-35-37(60-4)16-27(17-38(35)61-5)33-21-48(3)41(56)34-23-51(44(59)46-2)13-10-30(33)34/h6-7,16-18,21,26,28,36H,8-15,19-20,22-25H2,1-5H3,(H,46,59)(H,47,54,55). The number of piperidine rings is 2. The third kappa shape index (κ3) is 7.02. The van der Waals surface area contributed by atoms with Crippen LogP contribution in [0.2, 0.25) is 0 Å². The lowest BCUT2D eigenvalue weighted by atomic mass is 9.71. The first-order valence-electron chi connectivity index (χ1n) is 21.3. The van der Waals surface area contributed by atoms with Gasteiger partial charge in [-0.15, -0.1) is 0 Å². The van der Waals surface area contributed by atoms with Crippen molar-refractivity contribution in [2.75, 3.05) is 72.0 Å². The van der Waals surface area contributed by atoms with Crippen LogP contribution in [0.5, 0.6) is 11.5 Å². The number of likely N-dealkylation sites (tertiary alicyclic amines) is 2. The molecule has 6 amide bonds. The number of carbonyl (C=O) groups is 5. The second-order valence-corrected chi connectivity index (χ2v) is 17.8. The maximum absolute atomic E-state index is 13.4. The summed E-state index contributed by atoms with van der Waals surface area (Å²) in [5.74, 6) is 0.0615. The lowest BCUT2D eigenvalue weighted by Gasteiger charge is -2.56.